The number of nitrogens with two attached hydrogens (primary N) is 1. The van der Waals surface area contributed by atoms with Crippen molar-refractivity contribution in [3.8, 4) is 5.75 Å². The summed E-state index contributed by atoms with van der Waals surface area (Å²) in [5.41, 5.74) is 7.59. The lowest BCUT2D eigenvalue weighted by Crippen LogP contribution is -2.55. The van der Waals surface area contributed by atoms with Crippen LogP contribution >= 0.6 is 0 Å². The van der Waals surface area contributed by atoms with Crippen LogP contribution < -0.4 is 15.8 Å². The van der Waals surface area contributed by atoms with Crippen molar-refractivity contribution in [2.75, 3.05) is 24.8 Å². The van der Waals surface area contributed by atoms with E-state index in [0.717, 1.165) is 5.56 Å². The van der Waals surface area contributed by atoms with Crippen molar-refractivity contribution in [1.29, 1.82) is 0 Å². The number of aliphatic hydroxyl groups excluding tert-OH is 1. The fraction of sp³-hybridized carbons (Fsp3) is 0.368. The van der Waals surface area contributed by atoms with Gasteiger partial charge in [-0.3, -0.25) is 10.1 Å². The summed E-state index contributed by atoms with van der Waals surface area (Å²) >= 11 is 0. The Labute approximate surface area is 157 Å². The molecule has 3 rings (SSSR count). The number of ether oxygens (including phenoxy) is 2. The minimum absolute atomic E-state index is 0.0797. The number of anilines is 2. The summed E-state index contributed by atoms with van der Waals surface area (Å²) in [4.78, 5) is 10.7. The Bertz CT molecular complexity index is 872. The Morgan fingerprint density at radius 1 is 1.37 bits per heavy atom. The molecule has 3 atom stereocenters. The van der Waals surface area contributed by atoms with Crippen molar-refractivity contribution in [2.24, 2.45) is 0 Å². The van der Waals surface area contributed by atoms with E-state index < -0.39 is 22.7 Å². The molecule has 0 unspecified atom stereocenters. The number of hydrogen-bond donors (Lipinski definition) is 3. The summed E-state index contributed by atoms with van der Waals surface area (Å²) in [7, 11) is 1.52. The maximum absolute atomic E-state index is 11.2. The summed E-state index contributed by atoms with van der Waals surface area (Å²) in [6.45, 7) is 3.81. The molecule has 8 heteroatoms. The highest BCUT2D eigenvalue weighted by molar-refractivity contribution is 5.68. The predicted molar refractivity (Wildman–Crippen MR) is 102 cm³/mol. The Hall–Kier alpha value is -2.84. The molecule has 1 heterocycles. The molecule has 0 amide bonds. The lowest BCUT2D eigenvalue weighted by Gasteiger charge is -2.44. The molecule has 0 saturated heterocycles. The van der Waals surface area contributed by atoms with Gasteiger partial charge in [-0.2, -0.15) is 0 Å². The number of non-ortho nitro benzene ring substituents is 1. The van der Waals surface area contributed by atoms with Gasteiger partial charge in [0.25, 0.3) is 5.69 Å². The second-order valence-corrected chi connectivity index (χ2v) is 6.98. The Balaban J connectivity index is 2.09. The standard InChI is InChI=1S/C19H23N3O5/c1-11-4-6-14(20)15(8-11)21-17-13-9-12(22(24)25)5-7-16(13)27-19(2,10-26-3)18(17)23/h4-9,17-18,21,23H,10,20H2,1-3H3/t17-,18+,19-/m0/s1. The maximum atomic E-state index is 11.2. The zero-order valence-electron chi connectivity index (χ0n) is 15.4. The van der Waals surface area contributed by atoms with E-state index in [0.29, 0.717) is 22.7 Å². The van der Waals surface area contributed by atoms with Crippen molar-refractivity contribution in [2.45, 2.75) is 31.6 Å². The number of fused-ring (bicyclic) bond motifs is 1. The van der Waals surface area contributed by atoms with Crippen LogP contribution in [0.15, 0.2) is 36.4 Å². The number of benzene rings is 2. The van der Waals surface area contributed by atoms with Crippen LogP contribution in [0.2, 0.25) is 0 Å². The van der Waals surface area contributed by atoms with Gasteiger partial charge < -0.3 is 25.6 Å². The van der Waals surface area contributed by atoms with Crippen molar-refractivity contribution >= 4 is 17.1 Å². The fourth-order valence-electron chi connectivity index (χ4n) is 3.34. The molecule has 0 spiro atoms. The third-order valence-electron chi connectivity index (χ3n) is 4.77. The van der Waals surface area contributed by atoms with Crippen LogP contribution in [0, 0.1) is 17.0 Å². The third kappa shape index (κ3) is 3.54. The summed E-state index contributed by atoms with van der Waals surface area (Å²) in [6.07, 6.45) is -1.04. The van der Waals surface area contributed by atoms with Gasteiger partial charge in [0, 0.05) is 24.8 Å². The maximum Gasteiger partial charge on any atom is 0.270 e. The van der Waals surface area contributed by atoms with E-state index in [4.69, 9.17) is 15.2 Å². The highest BCUT2D eigenvalue weighted by Gasteiger charge is 2.47. The molecule has 1 aliphatic heterocycles. The monoisotopic (exact) mass is 373 g/mol. The topological polar surface area (TPSA) is 120 Å². The van der Waals surface area contributed by atoms with Gasteiger partial charge in [-0.05, 0) is 37.6 Å². The van der Waals surface area contributed by atoms with Crippen LogP contribution in [-0.2, 0) is 4.74 Å². The van der Waals surface area contributed by atoms with Crippen molar-refractivity contribution in [3.05, 3.63) is 57.6 Å². The number of aliphatic hydroxyl groups is 1. The van der Waals surface area contributed by atoms with Crippen LogP contribution in [0.1, 0.15) is 24.1 Å². The van der Waals surface area contributed by atoms with E-state index in [9.17, 15) is 15.2 Å². The molecule has 0 bridgehead atoms. The first-order valence-corrected chi connectivity index (χ1v) is 8.52. The van der Waals surface area contributed by atoms with Gasteiger partial charge in [0.2, 0.25) is 0 Å². The summed E-state index contributed by atoms with van der Waals surface area (Å²) in [5.74, 6) is 0.453. The average molecular weight is 373 g/mol. The second kappa shape index (κ2) is 7.05. The van der Waals surface area contributed by atoms with Crippen LogP contribution in [0.25, 0.3) is 0 Å². The molecule has 4 N–H and O–H groups in total. The summed E-state index contributed by atoms with van der Waals surface area (Å²) in [5, 5.41) is 25.5. The molecule has 2 aromatic rings. The average Bonchev–Trinajstić information content (AvgIpc) is 2.61. The van der Waals surface area contributed by atoms with Gasteiger partial charge in [0.05, 0.1) is 28.9 Å². The number of nitrogen functional groups attached to an aromatic ring is 1. The van der Waals surface area contributed by atoms with Crippen molar-refractivity contribution < 1.29 is 19.5 Å². The summed E-state index contributed by atoms with van der Waals surface area (Å²) < 4.78 is 11.2. The number of hydrogen-bond acceptors (Lipinski definition) is 7. The fourth-order valence-corrected chi connectivity index (χ4v) is 3.34. The Morgan fingerprint density at radius 3 is 2.78 bits per heavy atom. The van der Waals surface area contributed by atoms with Gasteiger partial charge in [-0.1, -0.05) is 6.07 Å². The first-order valence-electron chi connectivity index (χ1n) is 8.52. The molecule has 0 fully saturated rings. The van der Waals surface area contributed by atoms with Gasteiger partial charge >= 0.3 is 0 Å². The minimum Gasteiger partial charge on any atom is -0.482 e. The zero-order chi connectivity index (χ0) is 19.8. The Kier molecular flexibility index (Phi) is 4.95. The molecule has 27 heavy (non-hydrogen) atoms. The zero-order valence-corrected chi connectivity index (χ0v) is 15.4. The number of nitrogens with zero attached hydrogens (tertiary/aromatic N) is 1. The van der Waals surface area contributed by atoms with Gasteiger partial charge in [0.1, 0.15) is 11.9 Å². The van der Waals surface area contributed by atoms with Crippen LogP contribution in [0.3, 0.4) is 0 Å². The first-order chi connectivity index (χ1) is 12.7. The van der Waals surface area contributed by atoms with E-state index in [1.807, 2.05) is 19.1 Å². The Morgan fingerprint density at radius 2 is 2.11 bits per heavy atom. The molecule has 144 valence electrons. The van der Waals surface area contributed by atoms with Crippen LogP contribution in [0.5, 0.6) is 5.75 Å². The molecule has 0 saturated carbocycles. The number of nitro benzene ring substituents is 1. The molecular weight excluding hydrogens is 350 g/mol. The molecule has 8 nitrogen and oxygen atoms in total. The molecule has 2 aromatic carbocycles. The molecule has 0 aromatic heterocycles. The number of nitrogens with one attached hydrogen (secondary N) is 1. The molecule has 1 aliphatic rings. The van der Waals surface area contributed by atoms with Crippen LogP contribution in [0.4, 0.5) is 17.1 Å². The van der Waals surface area contributed by atoms with Gasteiger partial charge in [0.15, 0.2) is 5.60 Å². The first kappa shape index (κ1) is 18.9. The van der Waals surface area contributed by atoms with E-state index in [-0.39, 0.29) is 12.3 Å². The SMILES string of the molecule is COC[C@]1(C)Oc2ccc([N+](=O)[O-])cc2[C@H](Nc2cc(C)ccc2N)[C@H]1O. The second-order valence-electron chi connectivity index (χ2n) is 6.98. The van der Waals surface area contributed by atoms with Gasteiger partial charge in [-0.15, -0.1) is 0 Å². The number of methoxy groups -OCH3 is 1. The van der Waals surface area contributed by atoms with E-state index in [1.54, 1.807) is 19.1 Å². The normalized spacial score (nSPS) is 24.0. The van der Waals surface area contributed by atoms with E-state index in [2.05, 4.69) is 5.32 Å². The van der Waals surface area contributed by atoms with E-state index in [1.165, 1.54) is 19.2 Å². The highest BCUT2D eigenvalue weighted by atomic mass is 16.6. The summed E-state index contributed by atoms with van der Waals surface area (Å²) in [6, 6.07) is 9.18. The van der Waals surface area contributed by atoms with Crippen LogP contribution in [-0.4, -0.2) is 35.5 Å². The molecular formula is C19H23N3O5. The quantitative estimate of drug-likeness (QED) is 0.419. The largest absolute Gasteiger partial charge is 0.482 e. The lowest BCUT2D eigenvalue weighted by molar-refractivity contribution is -0.385. The van der Waals surface area contributed by atoms with E-state index >= 15 is 0 Å². The lowest BCUT2D eigenvalue weighted by atomic mass is 9.85. The molecule has 0 radical (unpaired) electrons. The van der Waals surface area contributed by atoms with Crippen molar-refractivity contribution in [3.63, 3.8) is 0 Å². The highest BCUT2D eigenvalue weighted by Crippen LogP contribution is 2.43. The number of rotatable bonds is 5. The smallest absolute Gasteiger partial charge is 0.270 e. The number of nitro groups is 1. The number of aryl methyl sites for hydroxylation is 1. The van der Waals surface area contributed by atoms with Crippen molar-refractivity contribution in [1.82, 2.24) is 0 Å². The minimum atomic E-state index is -1.04. The third-order valence-corrected chi connectivity index (χ3v) is 4.77. The van der Waals surface area contributed by atoms with Gasteiger partial charge in [-0.25, -0.2) is 0 Å². The molecule has 0 aliphatic carbocycles. The predicted octanol–water partition coefficient (Wildman–Crippen LogP) is 2.80.